The first kappa shape index (κ1) is 11.8. The molecule has 0 aromatic carbocycles. The van der Waals surface area contributed by atoms with Gasteiger partial charge < -0.3 is 9.47 Å². The van der Waals surface area contributed by atoms with E-state index in [1.165, 1.54) is 6.08 Å². The fourth-order valence-corrected chi connectivity index (χ4v) is 0.714. The molecule has 0 atom stereocenters. The van der Waals surface area contributed by atoms with Crippen LogP contribution in [0.15, 0.2) is 12.7 Å². The molecule has 0 saturated heterocycles. The minimum atomic E-state index is -1.15. The molecule has 0 N–H and O–H groups in total. The first-order chi connectivity index (χ1) is 6.67. The summed E-state index contributed by atoms with van der Waals surface area (Å²) < 4.78 is 8.39. The van der Waals surface area contributed by atoms with Gasteiger partial charge in [0.05, 0.1) is 0 Å². The zero-order valence-corrected chi connectivity index (χ0v) is 7.36. The van der Waals surface area contributed by atoms with Crippen molar-refractivity contribution in [1.82, 2.24) is 0 Å². The fraction of sp³-hybridized carbons (Fsp3) is 0.200. The van der Waals surface area contributed by atoms with E-state index in [2.05, 4.69) is 16.1 Å². The second-order valence-electron chi connectivity index (χ2n) is 2.15. The van der Waals surface area contributed by atoms with Gasteiger partial charge in [-0.25, -0.2) is 9.59 Å². The number of allylic oxidation sites excluding steroid dienone is 1. The van der Waals surface area contributed by atoms with Gasteiger partial charge in [-0.2, -0.15) is 0 Å². The van der Waals surface area contributed by atoms with Crippen molar-refractivity contribution in [1.29, 1.82) is 0 Å². The summed E-state index contributed by atoms with van der Waals surface area (Å²) in [5.41, 5.74) is 0. The molecule has 0 fully saturated rings. The van der Waals surface area contributed by atoms with E-state index < -0.39 is 17.9 Å². The van der Waals surface area contributed by atoms with Gasteiger partial charge in [0.25, 0.3) is 0 Å². The Bertz CT molecular complexity index is 288. The average Bonchev–Trinajstić information content (AvgIpc) is 2.14. The predicted octanol–water partition coefficient (Wildman–Crippen LogP) is 0.447. The molecule has 0 rings (SSSR count). The van der Waals surface area contributed by atoms with E-state index in [-0.39, 0.29) is 6.42 Å². The highest BCUT2D eigenvalue weighted by molar-refractivity contribution is 5.95. The number of carbonyl (C=O) groups is 2. The summed E-state index contributed by atoms with van der Waals surface area (Å²) in [7, 11) is 0. The van der Waals surface area contributed by atoms with Crippen LogP contribution in [0, 0.1) is 31.0 Å². The second kappa shape index (κ2) is 6.33. The summed E-state index contributed by atoms with van der Waals surface area (Å²) in [6.45, 7) is 3.37. The lowest BCUT2D eigenvalue weighted by atomic mass is 10.1. The molecule has 72 valence electrons. The lowest BCUT2D eigenvalue weighted by Crippen LogP contribution is -2.25. The van der Waals surface area contributed by atoms with E-state index in [0.29, 0.717) is 0 Å². The molecule has 0 aromatic rings. The Kier molecular flexibility index (Phi) is 5.34. The molecule has 0 spiro atoms. The van der Waals surface area contributed by atoms with Crippen LogP contribution in [0.3, 0.4) is 0 Å². The predicted molar refractivity (Wildman–Crippen MR) is 48.2 cm³/mol. The molecule has 0 unspecified atom stereocenters. The van der Waals surface area contributed by atoms with Crippen molar-refractivity contribution in [3.63, 3.8) is 0 Å². The Balaban J connectivity index is 4.52. The SMILES string of the molecule is C#COC(=O)C(CC=C)C(=O)OC#C. The van der Waals surface area contributed by atoms with Gasteiger partial charge in [-0.05, 0) is 6.42 Å². The number of terminal acetylenes is 2. The lowest BCUT2D eigenvalue weighted by Gasteiger charge is -2.07. The quantitative estimate of drug-likeness (QED) is 0.281. The van der Waals surface area contributed by atoms with E-state index in [1.807, 2.05) is 0 Å². The molecule has 0 radical (unpaired) electrons. The van der Waals surface area contributed by atoms with Gasteiger partial charge in [0, 0.05) is 0 Å². The van der Waals surface area contributed by atoms with Crippen LogP contribution in [0.1, 0.15) is 6.42 Å². The van der Waals surface area contributed by atoms with E-state index in [4.69, 9.17) is 12.8 Å². The molecule has 0 aliphatic rings. The summed E-state index contributed by atoms with van der Waals surface area (Å²) in [6, 6.07) is 0. The smallest absolute Gasteiger partial charge is 0.334 e. The molecule has 14 heavy (non-hydrogen) atoms. The number of hydrogen-bond donors (Lipinski definition) is 0. The van der Waals surface area contributed by atoms with Crippen LogP contribution < -0.4 is 0 Å². The summed E-state index contributed by atoms with van der Waals surface area (Å²) >= 11 is 0. The van der Waals surface area contributed by atoms with Gasteiger partial charge in [-0.1, -0.05) is 18.9 Å². The zero-order chi connectivity index (χ0) is 11.0. The Morgan fingerprint density at radius 2 is 1.71 bits per heavy atom. The molecule has 0 aromatic heterocycles. The molecular formula is C10H8O4. The first-order valence-corrected chi connectivity index (χ1v) is 3.60. The minimum Gasteiger partial charge on any atom is -0.372 e. The number of esters is 2. The largest absolute Gasteiger partial charge is 0.372 e. The zero-order valence-electron chi connectivity index (χ0n) is 7.36. The molecule has 0 bridgehead atoms. The highest BCUT2D eigenvalue weighted by atomic mass is 16.5. The molecule has 0 saturated carbocycles. The number of carbonyl (C=O) groups excluding carboxylic acids is 2. The van der Waals surface area contributed by atoms with Gasteiger partial charge in [0.2, 0.25) is 0 Å². The van der Waals surface area contributed by atoms with Crippen molar-refractivity contribution in [2.45, 2.75) is 6.42 Å². The third-order valence-electron chi connectivity index (χ3n) is 1.29. The van der Waals surface area contributed by atoms with E-state index in [0.717, 1.165) is 0 Å². The van der Waals surface area contributed by atoms with Crippen LogP contribution in [0.5, 0.6) is 0 Å². The Hall–Kier alpha value is -2.20. The second-order valence-corrected chi connectivity index (χ2v) is 2.15. The van der Waals surface area contributed by atoms with E-state index in [1.54, 1.807) is 12.2 Å². The summed E-state index contributed by atoms with van der Waals surface area (Å²) in [6.07, 6.45) is 14.2. The van der Waals surface area contributed by atoms with E-state index >= 15 is 0 Å². The van der Waals surface area contributed by atoms with Crippen LogP contribution in [0.2, 0.25) is 0 Å². The van der Waals surface area contributed by atoms with Gasteiger partial charge in [0.1, 0.15) is 12.2 Å². The van der Waals surface area contributed by atoms with Gasteiger partial charge in [0.15, 0.2) is 5.92 Å². The third kappa shape index (κ3) is 3.46. The monoisotopic (exact) mass is 192 g/mol. The molecule has 0 aliphatic heterocycles. The van der Waals surface area contributed by atoms with Crippen molar-refractivity contribution < 1.29 is 19.1 Å². The van der Waals surface area contributed by atoms with Crippen LogP contribution in [-0.2, 0) is 19.1 Å². The first-order valence-electron chi connectivity index (χ1n) is 3.60. The Morgan fingerprint density at radius 3 is 2.00 bits per heavy atom. The summed E-state index contributed by atoms with van der Waals surface area (Å²) in [4.78, 5) is 22.1. The van der Waals surface area contributed by atoms with Gasteiger partial charge in [-0.15, -0.1) is 6.58 Å². The lowest BCUT2D eigenvalue weighted by molar-refractivity contribution is -0.154. The van der Waals surface area contributed by atoms with Crippen molar-refractivity contribution >= 4 is 11.9 Å². The highest BCUT2D eigenvalue weighted by Gasteiger charge is 2.28. The van der Waals surface area contributed by atoms with Crippen LogP contribution in [0.4, 0.5) is 0 Å². The standard InChI is InChI=1S/C10H8O4/c1-4-7-8(9(11)13-5-2)10(12)14-6-3/h2-4,8H,1,7H2. The van der Waals surface area contributed by atoms with Crippen molar-refractivity contribution in [2.24, 2.45) is 5.92 Å². The summed E-state index contributed by atoms with van der Waals surface area (Å²) in [5.74, 6) is -2.92. The van der Waals surface area contributed by atoms with Crippen LogP contribution in [0.25, 0.3) is 0 Å². The van der Waals surface area contributed by atoms with Crippen LogP contribution >= 0.6 is 0 Å². The summed E-state index contributed by atoms with van der Waals surface area (Å²) in [5, 5.41) is 0. The molecule has 0 heterocycles. The van der Waals surface area contributed by atoms with Crippen molar-refractivity contribution in [3.8, 4) is 25.1 Å². The molecule has 4 heteroatoms. The highest BCUT2D eigenvalue weighted by Crippen LogP contribution is 2.08. The minimum absolute atomic E-state index is 0.0566. The molecule has 4 nitrogen and oxygen atoms in total. The number of rotatable bonds is 4. The van der Waals surface area contributed by atoms with Gasteiger partial charge in [-0.3, -0.25) is 0 Å². The molecule has 0 amide bonds. The average molecular weight is 192 g/mol. The topological polar surface area (TPSA) is 52.6 Å². The Morgan fingerprint density at radius 1 is 1.29 bits per heavy atom. The maximum atomic E-state index is 11.1. The third-order valence-corrected chi connectivity index (χ3v) is 1.29. The van der Waals surface area contributed by atoms with Crippen molar-refractivity contribution in [2.75, 3.05) is 0 Å². The van der Waals surface area contributed by atoms with Gasteiger partial charge >= 0.3 is 11.9 Å². The van der Waals surface area contributed by atoms with E-state index in [9.17, 15) is 9.59 Å². The van der Waals surface area contributed by atoms with Crippen molar-refractivity contribution in [3.05, 3.63) is 12.7 Å². The normalized spacial score (nSPS) is 8.21. The maximum Gasteiger partial charge on any atom is 0.334 e. The number of hydrogen-bond acceptors (Lipinski definition) is 4. The van der Waals surface area contributed by atoms with Crippen LogP contribution in [-0.4, -0.2) is 11.9 Å². The maximum absolute atomic E-state index is 11.1. The molecular weight excluding hydrogens is 184 g/mol. The Labute approximate surface area is 81.9 Å². The fourth-order valence-electron chi connectivity index (χ4n) is 0.714. The number of ether oxygens (including phenoxy) is 2. The molecule has 0 aliphatic carbocycles.